The van der Waals surface area contributed by atoms with Crippen LogP contribution in [0.25, 0.3) is 49.0 Å². The topological polar surface area (TPSA) is 8.29 Å². The van der Waals surface area contributed by atoms with E-state index in [4.69, 9.17) is 0 Å². The molecule has 0 radical (unpaired) electrons. The number of rotatable bonds is 0. The lowest BCUT2D eigenvalue weighted by Crippen LogP contribution is -2.29. The molecule has 0 aliphatic rings. The summed E-state index contributed by atoms with van der Waals surface area (Å²) in [5.74, 6) is -0.532. The predicted molar refractivity (Wildman–Crippen MR) is 104 cm³/mol. The van der Waals surface area contributed by atoms with Crippen molar-refractivity contribution in [2.45, 2.75) is 6.92 Å². The number of halogens is 2. The van der Waals surface area contributed by atoms with Crippen molar-refractivity contribution >= 4 is 49.0 Å². The van der Waals surface area contributed by atoms with Crippen LogP contribution >= 0.6 is 0 Å². The van der Waals surface area contributed by atoms with Crippen molar-refractivity contribution in [3.8, 4) is 0 Å². The maximum atomic E-state index is 15.1. The van der Waals surface area contributed by atoms with Gasteiger partial charge in [-0.1, -0.05) is 18.2 Å². The fraction of sp³-hybridized carbons (Fsp3) is 0.0870. The standard InChI is InChI=1S/C23H15F2N2/c1-12-9-16(25)21-15-5-3-4-6-17(15)27-18-11-14(24)10-13-7-8-26(2)22(20(13)18)19(12)23(21)27/h3-11H,1-2H3/q+1. The molecule has 0 amide bonds. The maximum absolute atomic E-state index is 15.1. The Balaban J connectivity index is 2.18. The Kier molecular flexibility index (Phi) is 2.59. The smallest absolute Gasteiger partial charge is 0.224 e. The minimum absolute atomic E-state index is 0.240. The van der Waals surface area contributed by atoms with Gasteiger partial charge in [-0.05, 0) is 42.1 Å². The number of aryl methyl sites for hydroxylation is 2. The third-order valence-electron chi connectivity index (χ3n) is 5.75. The lowest BCUT2D eigenvalue weighted by atomic mass is 9.99. The molecule has 0 bridgehead atoms. The zero-order valence-electron chi connectivity index (χ0n) is 14.8. The Hall–Kier alpha value is -3.27. The molecule has 3 aromatic carbocycles. The highest BCUT2D eigenvalue weighted by Gasteiger charge is 2.25. The Labute approximate surface area is 153 Å². The third-order valence-corrected chi connectivity index (χ3v) is 5.75. The van der Waals surface area contributed by atoms with Gasteiger partial charge in [-0.25, -0.2) is 13.3 Å². The van der Waals surface area contributed by atoms with E-state index in [1.807, 2.05) is 59.5 Å². The van der Waals surface area contributed by atoms with Crippen LogP contribution in [0.15, 0.2) is 54.7 Å². The highest BCUT2D eigenvalue weighted by molar-refractivity contribution is 6.25. The van der Waals surface area contributed by atoms with Crippen LogP contribution in [0.5, 0.6) is 0 Å². The first-order valence-corrected chi connectivity index (χ1v) is 8.91. The largest absolute Gasteiger partial charge is 0.307 e. The second-order valence-electron chi connectivity index (χ2n) is 7.29. The molecule has 4 heteroatoms. The number of pyridine rings is 2. The number of hydrogen-bond acceptors (Lipinski definition) is 0. The van der Waals surface area contributed by atoms with Gasteiger partial charge in [0.25, 0.3) is 0 Å². The van der Waals surface area contributed by atoms with Gasteiger partial charge in [-0.15, -0.1) is 0 Å². The summed E-state index contributed by atoms with van der Waals surface area (Å²) >= 11 is 0. The van der Waals surface area contributed by atoms with Crippen LogP contribution in [0.1, 0.15) is 5.56 Å². The minimum atomic E-state index is -0.292. The van der Waals surface area contributed by atoms with Crippen molar-refractivity contribution in [2.24, 2.45) is 7.05 Å². The molecule has 0 unspecified atom stereocenters. The molecular weight excluding hydrogens is 342 g/mol. The van der Waals surface area contributed by atoms with E-state index in [0.29, 0.717) is 5.39 Å². The van der Waals surface area contributed by atoms with Gasteiger partial charge in [0.1, 0.15) is 18.7 Å². The molecule has 130 valence electrons. The summed E-state index contributed by atoms with van der Waals surface area (Å²) in [5.41, 5.74) is 4.35. The van der Waals surface area contributed by atoms with Gasteiger partial charge in [0.05, 0.1) is 27.3 Å². The van der Waals surface area contributed by atoms with E-state index < -0.39 is 0 Å². The monoisotopic (exact) mass is 357 g/mol. The van der Waals surface area contributed by atoms with Crippen LogP contribution < -0.4 is 4.57 Å². The summed E-state index contributed by atoms with van der Waals surface area (Å²) in [5, 5.41) is 4.29. The number of benzene rings is 3. The number of para-hydroxylation sites is 1. The van der Waals surface area contributed by atoms with E-state index in [1.54, 1.807) is 18.2 Å². The molecule has 27 heavy (non-hydrogen) atoms. The molecule has 0 N–H and O–H groups in total. The zero-order chi connectivity index (χ0) is 18.4. The van der Waals surface area contributed by atoms with E-state index >= 15 is 4.39 Å². The summed E-state index contributed by atoms with van der Waals surface area (Å²) in [6.07, 6.45) is 1.94. The lowest BCUT2D eigenvalue weighted by molar-refractivity contribution is -0.643. The number of hydrogen-bond donors (Lipinski definition) is 0. The van der Waals surface area contributed by atoms with Crippen LogP contribution in [0.3, 0.4) is 0 Å². The quantitative estimate of drug-likeness (QED) is 0.195. The molecule has 0 aliphatic carbocycles. The first-order valence-electron chi connectivity index (χ1n) is 8.91. The van der Waals surface area contributed by atoms with E-state index in [9.17, 15) is 4.39 Å². The Morgan fingerprint density at radius 2 is 1.70 bits per heavy atom. The highest BCUT2D eigenvalue weighted by atomic mass is 19.1. The molecule has 0 fully saturated rings. The molecule has 3 aromatic heterocycles. The summed E-state index contributed by atoms with van der Waals surface area (Å²) in [4.78, 5) is 0. The number of nitrogens with zero attached hydrogens (tertiary/aromatic N) is 2. The molecule has 3 heterocycles. The predicted octanol–water partition coefficient (Wildman–Crippen LogP) is 5.40. The molecule has 0 atom stereocenters. The average Bonchev–Trinajstić information content (AvgIpc) is 2.99. The molecule has 0 spiro atoms. The second-order valence-corrected chi connectivity index (χ2v) is 7.29. The van der Waals surface area contributed by atoms with Gasteiger partial charge >= 0.3 is 0 Å². The fourth-order valence-corrected chi connectivity index (χ4v) is 4.71. The Morgan fingerprint density at radius 1 is 0.889 bits per heavy atom. The summed E-state index contributed by atoms with van der Waals surface area (Å²) < 4.78 is 33.6. The van der Waals surface area contributed by atoms with E-state index in [0.717, 1.165) is 49.2 Å². The zero-order valence-corrected chi connectivity index (χ0v) is 14.8. The SMILES string of the molecule is Cc1cc(F)c2c3ccccc3n3c4cc(F)cc5cc[n+](C)c(c1c23)c54. The highest BCUT2D eigenvalue weighted by Crippen LogP contribution is 2.41. The van der Waals surface area contributed by atoms with Crippen molar-refractivity contribution in [1.82, 2.24) is 4.40 Å². The van der Waals surface area contributed by atoms with Crippen LogP contribution in [0, 0.1) is 18.6 Å². The molecule has 2 nitrogen and oxygen atoms in total. The summed E-state index contributed by atoms with van der Waals surface area (Å²) in [6, 6.07) is 14.4. The van der Waals surface area contributed by atoms with Gasteiger partial charge in [0, 0.05) is 16.8 Å². The van der Waals surface area contributed by atoms with Crippen LogP contribution in [0.4, 0.5) is 8.78 Å². The van der Waals surface area contributed by atoms with E-state index in [-0.39, 0.29) is 11.6 Å². The second kappa shape index (κ2) is 4.71. The lowest BCUT2D eigenvalue weighted by Gasteiger charge is -2.13. The van der Waals surface area contributed by atoms with Gasteiger partial charge < -0.3 is 4.40 Å². The Bertz CT molecular complexity index is 1560. The van der Waals surface area contributed by atoms with Crippen molar-refractivity contribution in [3.05, 3.63) is 71.9 Å². The Morgan fingerprint density at radius 3 is 2.56 bits per heavy atom. The normalized spacial score (nSPS) is 12.4. The van der Waals surface area contributed by atoms with E-state index in [2.05, 4.69) is 0 Å². The van der Waals surface area contributed by atoms with Crippen LogP contribution in [0.2, 0.25) is 0 Å². The van der Waals surface area contributed by atoms with Gasteiger partial charge in [-0.2, -0.15) is 0 Å². The molecule has 0 saturated carbocycles. The van der Waals surface area contributed by atoms with Gasteiger partial charge in [0.15, 0.2) is 6.20 Å². The fourth-order valence-electron chi connectivity index (χ4n) is 4.71. The van der Waals surface area contributed by atoms with Crippen molar-refractivity contribution < 1.29 is 13.3 Å². The first kappa shape index (κ1) is 14.9. The third kappa shape index (κ3) is 1.66. The molecule has 0 saturated heterocycles. The van der Waals surface area contributed by atoms with Crippen molar-refractivity contribution in [3.63, 3.8) is 0 Å². The molecule has 0 aliphatic heterocycles. The molecule has 6 rings (SSSR count). The van der Waals surface area contributed by atoms with Gasteiger partial charge in [-0.3, -0.25) is 0 Å². The molecule has 6 aromatic rings. The summed E-state index contributed by atoms with van der Waals surface area (Å²) in [7, 11) is 1.98. The minimum Gasteiger partial charge on any atom is -0.307 e. The van der Waals surface area contributed by atoms with Crippen LogP contribution in [-0.4, -0.2) is 4.40 Å². The number of fused-ring (bicyclic) bond motifs is 5. The average molecular weight is 357 g/mol. The van der Waals surface area contributed by atoms with Gasteiger partial charge in [0.2, 0.25) is 5.52 Å². The maximum Gasteiger partial charge on any atom is 0.224 e. The summed E-state index contributed by atoms with van der Waals surface area (Å²) in [6.45, 7) is 1.94. The van der Waals surface area contributed by atoms with Crippen molar-refractivity contribution in [2.75, 3.05) is 0 Å². The first-order chi connectivity index (χ1) is 13.1. The van der Waals surface area contributed by atoms with E-state index in [1.165, 1.54) is 0 Å². The van der Waals surface area contributed by atoms with Crippen molar-refractivity contribution in [1.29, 1.82) is 0 Å². The van der Waals surface area contributed by atoms with Crippen LogP contribution in [-0.2, 0) is 7.05 Å². The number of aromatic nitrogens is 2. The molecular formula is C23H15F2N2+.